The van der Waals surface area contributed by atoms with Gasteiger partial charge in [-0.2, -0.15) is 0 Å². The molecule has 0 saturated heterocycles. The lowest BCUT2D eigenvalue weighted by Crippen LogP contribution is -2.22. The zero-order valence-electron chi connectivity index (χ0n) is 11.8. The van der Waals surface area contributed by atoms with Crippen LogP contribution in [0.15, 0.2) is 42.6 Å². The lowest BCUT2D eigenvalue weighted by Gasteiger charge is -2.27. The summed E-state index contributed by atoms with van der Waals surface area (Å²) in [5.74, 6) is 0.953. The van der Waals surface area contributed by atoms with E-state index in [0.717, 1.165) is 17.9 Å². The number of aromatic nitrogens is 1. The van der Waals surface area contributed by atoms with E-state index in [1.807, 2.05) is 25.3 Å². The highest BCUT2D eigenvalue weighted by Gasteiger charge is 2.16. The summed E-state index contributed by atoms with van der Waals surface area (Å²) < 4.78 is 0. The number of aryl methyl sites for hydroxylation is 1. The van der Waals surface area contributed by atoms with Crippen LogP contribution in [0.3, 0.4) is 0 Å². The summed E-state index contributed by atoms with van der Waals surface area (Å²) in [6, 6.07) is 12.3. The molecule has 1 aromatic heterocycles. The van der Waals surface area contributed by atoms with Crippen molar-refractivity contribution in [2.24, 2.45) is 5.73 Å². The quantitative estimate of drug-likeness (QED) is 0.908. The van der Waals surface area contributed by atoms with E-state index in [-0.39, 0.29) is 6.04 Å². The summed E-state index contributed by atoms with van der Waals surface area (Å²) in [6.07, 6.45) is 1.82. The second-order valence-electron chi connectivity index (χ2n) is 4.74. The Bertz CT molecular complexity index is 549. The third kappa shape index (κ3) is 2.76. The Morgan fingerprint density at radius 3 is 2.58 bits per heavy atom. The smallest absolute Gasteiger partial charge is 0.137 e. The van der Waals surface area contributed by atoms with Gasteiger partial charge in [0.15, 0.2) is 0 Å². The van der Waals surface area contributed by atoms with Crippen molar-refractivity contribution in [3.8, 4) is 0 Å². The first-order valence-corrected chi connectivity index (χ1v) is 6.68. The molecule has 2 N–H and O–H groups in total. The number of para-hydroxylation sites is 1. The average molecular weight is 255 g/mol. The highest BCUT2D eigenvalue weighted by Crippen LogP contribution is 2.30. The molecule has 0 spiro atoms. The highest BCUT2D eigenvalue weighted by atomic mass is 15.2. The zero-order chi connectivity index (χ0) is 13.8. The molecule has 0 aliphatic rings. The summed E-state index contributed by atoms with van der Waals surface area (Å²) in [7, 11) is 0. The minimum absolute atomic E-state index is 0.0261. The zero-order valence-corrected chi connectivity index (χ0v) is 11.8. The van der Waals surface area contributed by atoms with Gasteiger partial charge >= 0.3 is 0 Å². The van der Waals surface area contributed by atoms with Crippen molar-refractivity contribution in [2.45, 2.75) is 26.8 Å². The van der Waals surface area contributed by atoms with Crippen molar-refractivity contribution in [1.29, 1.82) is 0 Å². The fourth-order valence-corrected chi connectivity index (χ4v) is 2.29. The fourth-order valence-electron chi connectivity index (χ4n) is 2.29. The normalized spacial score (nSPS) is 12.2. The van der Waals surface area contributed by atoms with E-state index in [2.05, 4.69) is 48.0 Å². The molecule has 0 fully saturated rings. The second kappa shape index (κ2) is 5.85. The van der Waals surface area contributed by atoms with Crippen LogP contribution in [-0.4, -0.2) is 11.5 Å². The molecular weight excluding hydrogens is 234 g/mol. The molecular formula is C16H21N3. The Morgan fingerprint density at radius 2 is 1.95 bits per heavy atom. The van der Waals surface area contributed by atoms with Crippen molar-refractivity contribution in [3.63, 3.8) is 0 Å². The van der Waals surface area contributed by atoms with E-state index in [4.69, 9.17) is 5.73 Å². The standard InChI is InChI=1S/C16H21N3/c1-4-19(15-10-6-5-8-12(15)2)16-14(13(3)17)9-7-11-18-16/h5-11,13H,4,17H2,1-3H3/t13-/m0/s1. The van der Waals surface area contributed by atoms with Crippen LogP contribution in [-0.2, 0) is 0 Å². The molecule has 3 heteroatoms. The van der Waals surface area contributed by atoms with E-state index in [0.29, 0.717) is 0 Å². The number of hydrogen-bond donors (Lipinski definition) is 1. The van der Waals surface area contributed by atoms with Gasteiger partial charge in [0.2, 0.25) is 0 Å². The summed E-state index contributed by atoms with van der Waals surface area (Å²) in [5, 5.41) is 0. The van der Waals surface area contributed by atoms with Gasteiger partial charge in [0.05, 0.1) is 0 Å². The molecule has 1 heterocycles. The number of nitrogens with zero attached hydrogens (tertiary/aromatic N) is 2. The van der Waals surface area contributed by atoms with Gasteiger partial charge in [-0.3, -0.25) is 0 Å². The summed E-state index contributed by atoms with van der Waals surface area (Å²) >= 11 is 0. The number of nitrogens with two attached hydrogens (primary N) is 1. The molecule has 0 radical (unpaired) electrons. The molecule has 1 atom stereocenters. The van der Waals surface area contributed by atoms with Crippen molar-refractivity contribution >= 4 is 11.5 Å². The minimum atomic E-state index is -0.0261. The summed E-state index contributed by atoms with van der Waals surface area (Å²) in [4.78, 5) is 6.75. The molecule has 0 aliphatic carbocycles. The molecule has 0 amide bonds. The van der Waals surface area contributed by atoms with Gasteiger partial charge < -0.3 is 10.6 Å². The first-order chi connectivity index (χ1) is 9.15. The van der Waals surface area contributed by atoms with Crippen molar-refractivity contribution in [3.05, 3.63) is 53.7 Å². The maximum Gasteiger partial charge on any atom is 0.137 e. The molecule has 0 unspecified atom stereocenters. The summed E-state index contributed by atoms with van der Waals surface area (Å²) in [5.41, 5.74) is 9.56. The number of pyridine rings is 1. The Morgan fingerprint density at radius 1 is 1.21 bits per heavy atom. The van der Waals surface area contributed by atoms with Crippen molar-refractivity contribution in [2.75, 3.05) is 11.4 Å². The Kier molecular flexibility index (Phi) is 4.17. The molecule has 2 aromatic rings. The number of hydrogen-bond acceptors (Lipinski definition) is 3. The van der Waals surface area contributed by atoms with E-state index >= 15 is 0 Å². The van der Waals surface area contributed by atoms with Crippen LogP contribution in [0.1, 0.15) is 31.0 Å². The molecule has 3 nitrogen and oxygen atoms in total. The Hall–Kier alpha value is -1.87. The molecule has 19 heavy (non-hydrogen) atoms. The fraction of sp³-hybridized carbons (Fsp3) is 0.312. The van der Waals surface area contributed by atoms with Crippen LogP contribution < -0.4 is 10.6 Å². The number of anilines is 2. The van der Waals surface area contributed by atoms with Gasteiger partial charge in [-0.1, -0.05) is 24.3 Å². The third-order valence-corrected chi connectivity index (χ3v) is 3.29. The molecule has 100 valence electrons. The van der Waals surface area contributed by atoms with Crippen LogP contribution in [0.5, 0.6) is 0 Å². The summed E-state index contributed by atoms with van der Waals surface area (Å²) in [6.45, 7) is 7.10. The van der Waals surface area contributed by atoms with Gasteiger partial charge in [0, 0.05) is 30.0 Å². The number of benzene rings is 1. The van der Waals surface area contributed by atoms with Crippen LogP contribution in [0.4, 0.5) is 11.5 Å². The van der Waals surface area contributed by atoms with Crippen LogP contribution in [0.25, 0.3) is 0 Å². The predicted molar refractivity (Wildman–Crippen MR) is 80.7 cm³/mol. The van der Waals surface area contributed by atoms with Crippen LogP contribution in [0, 0.1) is 6.92 Å². The van der Waals surface area contributed by atoms with Gasteiger partial charge in [-0.15, -0.1) is 0 Å². The maximum absolute atomic E-state index is 6.06. The second-order valence-corrected chi connectivity index (χ2v) is 4.74. The van der Waals surface area contributed by atoms with E-state index in [1.165, 1.54) is 11.3 Å². The predicted octanol–water partition coefficient (Wildman–Crippen LogP) is 3.57. The van der Waals surface area contributed by atoms with Gasteiger partial charge in [-0.05, 0) is 38.5 Å². The first-order valence-electron chi connectivity index (χ1n) is 6.68. The van der Waals surface area contributed by atoms with Gasteiger partial charge in [-0.25, -0.2) is 4.98 Å². The molecule has 2 rings (SSSR count). The maximum atomic E-state index is 6.06. The Labute approximate surface area is 115 Å². The number of rotatable bonds is 4. The molecule has 0 aliphatic heterocycles. The Balaban J connectivity index is 2.52. The van der Waals surface area contributed by atoms with E-state index < -0.39 is 0 Å². The monoisotopic (exact) mass is 255 g/mol. The van der Waals surface area contributed by atoms with Crippen LogP contribution >= 0.6 is 0 Å². The first kappa shape index (κ1) is 13.6. The third-order valence-electron chi connectivity index (χ3n) is 3.29. The molecule has 1 aromatic carbocycles. The lowest BCUT2D eigenvalue weighted by atomic mass is 10.1. The SMILES string of the molecule is CCN(c1ccccc1C)c1ncccc1[C@H](C)N. The van der Waals surface area contributed by atoms with Crippen molar-refractivity contribution < 1.29 is 0 Å². The topological polar surface area (TPSA) is 42.2 Å². The van der Waals surface area contributed by atoms with E-state index in [1.54, 1.807) is 0 Å². The molecule has 0 saturated carbocycles. The van der Waals surface area contributed by atoms with Crippen LogP contribution in [0.2, 0.25) is 0 Å². The van der Waals surface area contributed by atoms with Gasteiger partial charge in [0.25, 0.3) is 0 Å². The van der Waals surface area contributed by atoms with Gasteiger partial charge in [0.1, 0.15) is 5.82 Å². The molecule has 0 bridgehead atoms. The highest BCUT2D eigenvalue weighted by molar-refractivity contribution is 5.66. The lowest BCUT2D eigenvalue weighted by molar-refractivity contribution is 0.801. The largest absolute Gasteiger partial charge is 0.326 e. The van der Waals surface area contributed by atoms with Crippen molar-refractivity contribution in [1.82, 2.24) is 4.98 Å². The average Bonchev–Trinajstić information content (AvgIpc) is 2.42. The van der Waals surface area contributed by atoms with E-state index in [9.17, 15) is 0 Å². The minimum Gasteiger partial charge on any atom is -0.326 e.